The molecule has 0 unspecified atom stereocenters. The van der Waals surface area contributed by atoms with Crippen LogP contribution in [-0.2, 0) is 11.8 Å². The van der Waals surface area contributed by atoms with Crippen LogP contribution in [0.4, 0.5) is 14.9 Å². The number of ether oxygens (including phenoxy) is 1. The summed E-state index contributed by atoms with van der Waals surface area (Å²) >= 11 is 0. The molecule has 3 rings (SSSR count). The van der Waals surface area contributed by atoms with Crippen LogP contribution in [-0.4, -0.2) is 21.2 Å². The molecular weight excluding hydrogens is 333 g/mol. The number of nitrogens with zero attached hydrogens (tertiary/aromatic N) is 2. The van der Waals surface area contributed by atoms with Crippen LogP contribution in [0.1, 0.15) is 26.5 Å². The van der Waals surface area contributed by atoms with Crippen LogP contribution < -0.4 is 5.32 Å². The number of carbonyl (C=O) groups excluding carboxylic acids is 1. The number of aryl methyl sites for hydroxylation is 2. The van der Waals surface area contributed by atoms with Gasteiger partial charge in [0.15, 0.2) is 5.82 Å². The van der Waals surface area contributed by atoms with Crippen LogP contribution in [0.5, 0.6) is 0 Å². The molecule has 0 aliphatic carbocycles. The molecule has 2 aromatic heterocycles. The lowest BCUT2D eigenvalue weighted by atomic mass is 10.0. The van der Waals surface area contributed by atoms with Gasteiger partial charge in [-0.2, -0.15) is 0 Å². The smallest absolute Gasteiger partial charge is 0.412 e. The predicted molar refractivity (Wildman–Crippen MR) is 101 cm³/mol. The van der Waals surface area contributed by atoms with Gasteiger partial charge in [-0.3, -0.25) is 10.3 Å². The van der Waals surface area contributed by atoms with E-state index >= 15 is 4.39 Å². The molecule has 0 atom stereocenters. The minimum Gasteiger partial charge on any atom is -0.444 e. The minimum absolute atomic E-state index is 0.0699. The first-order valence-corrected chi connectivity index (χ1v) is 8.36. The quantitative estimate of drug-likeness (QED) is 0.701. The van der Waals surface area contributed by atoms with Crippen molar-refractivity contribution in [1.82, 2.24) is 9.55 Å². The van der Waals surface area contributed by atoms with Crippen molar-refractivity contribution < 1.29 is 13.9 Å². The molecule has 1 amide bonds. The van der Waals surface area contributed by atoms with Gasteiger partial charge in [-0.25, -0.2) is 9.18 Å². The van der Waals surface area contributed by atoms with Gasteiger partial charge in [-0.15, -0.1) is 0 Å². The van der Waals surface area contributed by atoms with E-state index in [9.17, 15) is 4.79 Å². The summed E-state index contributed by atoms with van der Waals surface area (Å²) in [5.41, 5.74) is 1.32. The highest BCUT2D eigenvalue weighted by atomic mass is 19.1. The summed E-state index contributed by atoms with van der Waals surface area (Å²) in [7, 11) is 1.84. The molecule has 1 aromatic carbocycles. The highest BCUT2D eigenvalue weighted by molar-refractivity contribution is 6.03. The molecule has 0 radical (unpaired) electrons. The van der Waals surface area contributed by atoms with Crippen molar-refractivity contribution in [3.8, 4) is 11.3 Å². The summed E-state index contributed by atoms with van der Waals surface area (Å²) in [5, 5.41) is 3.88. The van der Waals surface area contributed by atoms with E-state index in [4.69, 9.17) is 4.74 Å². The zero-order valence-electron chi connectivity index (χ0n) is 15.6. The second kappa shape index (κ2) is 6.44. The molecule has 26 heavy (non-hydrogen) atoms. The molecule has 0 saturated carbocycles. The monoisotopic (exact) mass is 355 g/mol. The summed E-state index contributed by atoms with van der Waals surface area (Å²) in [5.74, 6) is -0.518. The lowest BCUT2D eigenvalue weighted by Gasteiger charge is -2.21. The second-order valence-corrected chi connectivity index (χ2v) is 7.29. The molecule has 1 N–H and O–H groups in total. The van der Waals surface area contributed by atoms with Gasteiger partial charge in [0.2, 0.25) is 0 Å². The van der Waals surface area contributed by atoms with E-state index < -0.39 is 17.5 Å². The van der Waals surface area contributed by atoms with E-state index in [-0.39, 0.29) is 5.69 Å². The molecule has 5 nitrogen and oxygen atoms in total. The molecule has 136 valence electrons. The lowest BCUT2D eigenvalue weighted by Crippen LogP contribution is -2.27. The van der Waals surface area contributed by atoms with E-state index in [2.05, 4.69) is 10.3 Å². The SMILES string of the molecule is Cc1cc2cc(-c3cccn3C)c(F)c(NC(=O)OC(C)(C)C)c2cn1. The van der Waals surface area contributed by atoms with Crippen LogP contribution in [0, 0.1) is 12.7 Å². The minimum atomic E-state index is -0.706. The molecule has 6 heteroatoms. The first kappa shape index (κ1) is 17.9. The maximum Gasteiger partial charge on any atom is 0.412 e. The summed E-state index contributed by atoms with van der Waals surface area (Å²) in [4.78, 5) is 16.5. The zero-order valence-corrected chi connectivity index (χ0v) is 15.6. The van der Waals surface area contributed by atoms with Crippen molar-refractivity contribution in [3.05, 3.63) is 48.2 Å². The first-order valence-electron chi connectivity index (χ1n) is 8.36. The lowest BCUT2D eigenvalue weighted by molar-refractivity contribution is 0.0635. The number of hydrogen-bond donors (Lipinski definition) is 1. The largest absolute Gasteiger partial charge is 0.444 e. The fourth-order valence-corrected chi connectivity index (χ4v) is 2.84. The standard InChI is InChI=1S/C20H22FN3O2/c1-12-9-13-10-14(16-7-6-8-24(16)5)17(21)18(15(13)11-22-12)23-19(25)26-20(2,3)4/h6-11H,1-5H3,(H,23,25). The Morgan fingerprint density at radius 2 is 2.04 bits per heavy atom. The Bertz CT molecular complexity index is 987. The van der Waals surface area contributed by atoms with E-state index in [0.717, 1.165) is 11.1 Å². The summed E-state index contributed by atoms with van der Waals surface area (Å²) in [6.45, 7) is 7.14. The normalized spacial score (nSPS) is 11.6. The average Bonchev–Trinajstić information content (AvgIpc) is 2.94. The molecule has 0 aliphatic heterocycles. The number of pyridine rings is 1. The Morgan fingerprint density at radius 3 is 2.65 bits per heavy atom. The van der Waals surface area contributed by atoms with Gasteiger partial charge in [-0.05, 0) is 57.3 Å². The third-order valence-corrected chi connectivity index (χ3v) is 3.94. The third kappa shape index (κ3) is 3.54. The van der Waals surface area contributed by atoms with Crippen molar-refractivity contribution in [2.45, 2.75) is 33.3 Å². The van der Waals surface area contributed by atoms with Crippen molar-refractivity contribution in [1.29, 1.82) is 0 Å². The number of hydrogen-bond acceptors (Lipinski definition) is 3. The summed E-state index contributed by atoms with van der Waals surface area (Å²) < 4.78 is 22.4. The third-order valence-electron chi connectivity index (χ3n) is 3.94. The number of nitrogens with one attached hydrogen (secondary N) is 1. The molecule has 0 bridgehead atoms. The molecule has 0 fully saturated rings. The Morgan fingerprint density at radius 1 is 1.31 bits per heavy atom. The fourth-order valence-electron chi connectivity index (χ4n) is 2.84. The molecule has 0 saturated heterocycles. The highest BCUT2D eigenvalue weighted by Crippen LogP contribution is 2.35. The van der Waals surface area contributed by atoms with E-state index in [1.165, 1.54) is 0 Å². The predicted octanol–water partition coefficient (Wildman–Crippen LogP) is 5.03. The number of fused-ring (bicyclic) bond motifs is 1. The maximum absolute atomic E-state index is 15.3. The van der Waals surface area contributed by atoms with Gasteiger partial charge in [0.25, 0.3) is 0 Å². The van der Waals surface area contributed by atoms with Gasteiger partial charge < -0.3 is 9.30 Å². The topological polar surface area (TPSA) is 56.2 Å². The number of carbonyl (C=O) groups is 1. The molecule has 0 spiro atoms. The van der Waals surface area contributed by atoms with Crippen LogP contribution in [0.15, 0.2) is 36.7 Å². The van der Waals surface area contributed by atoms with Crippen molar-refractivity contribution in [2.24, 2.45) is 7.05 Å². The van der Waals surface area contributed by atoms with Gasteiger partial charge in [0, 0.05) is 36.1 Å². The zero-order chi connectivity index (χ0) is 19.1. The number of anilines is 1. The van der Waals surface area contributed by atoms with Gasteiger partial charge in [0.05, 0.1) is 11.4 Å². The Labute approximate surface area is 151 Å². The maximum atomic E-state index is 15.3. The molecule has 0 aliphatic rings. The number of halogens is 1. The average molecular weight is 355 g/mol. The molecular formula is C20H22FN3O2. The van der Waals surface area contributed by atoms with E-state index in [1.807, 2.05) is 42.9 Å². The van der Waals surface area contributed by atoms with Gasteiger partial charge in [0.1, 0.15) is 5.60 Å². The Hall–Kier alpha value is -2.89. The van der Waals surface area contributed by atoms with Crippen molar-refractivity contribution >= 4 is 22.6 Å². The van der Waals surface area contributed by atoms with Crippen molar-refractivity contribution in [2.75, 3.05) is 5.32 Å². The van der Waals surface area contributed by atoms with Crippen molar-refractivity contribution in [3.63, 3.8) is 0 Å². The van der Waals surface area contributed by atoms with Crippen LogP contribution in [0.3, 0.4) is 0 Å². The first-order chi connectivity index (χ1) is 12.2. The van der Waals surface area contributed by atoms with E-state index in [0.29, 0.717) is 16.6 Å². The second-order valence-electron chi connectivity index (χ2n) is 7.29. The van der Waals surface area contributed by atoms with Gasteiger partial charge >= 0.3 is 6.09 Å². The van der Waals surface area contributed by atoms with Gasteiger partial charge in [-0.1, -0.05) is 0 Å². The fraction of sp³-hybridized carbons (Fsp3) is 0.300. The highest BCUT2D eigenvalue weighted by Gasteiger charge is 2.22. The van der Waals surface area contributed by atoms with Crippen LogP contribution in [0.25, 0.3) is 22.0 Å². The summed E-state index contributed by atoms with van der Waals surface area (Å²) in [6, 6.07) is 7.31. The number of amides is 1. The summed E-state index contributed by atoms with van der Waals surface area (Å²) in [6.07, 6.45) is 2.70. The molecule has 2 heterocycles. The van der Waals surface area contributed by atoms with E-state index in [1.54, 1.807) is 33.0 Å². The Balaban J connectivity index is 2.18. The number of aromatic nitrogens is 2. The van der Waals surface area contributed by atoms with Crippen LogP contribution >= 0.6 is 0 Å². The number of benzene rings is 1. The number of rotatable bonds is 2. The Kier molecular flexibility index (Phi) is 4.44. The molecule has 3 aromatic rings. The van der Waals surface area contributed by atoms with Crippen LogP contribution in [0.2, 0.25) is 0 Å².